The van der Waals surface area contributed by atoms with Crippen molar-refractivity contribution in [3.63, 3.8) is 0 Å². The van der Waals surface area contributed by atoms with Crippen molar-refractivity contribution in [3.8, 4) is 0 Å². The summed E-state index contributed by atoms with van der Waals surface area (Å²) in [5.41, 5.74) is 4.13. The molecule has 0 aromatic heterocycles. The molecule has 0 bridgehead atoms. The molecule has 0 amide bonds. The van der Waals surface area contributed by atoms with E-state index in [1.165, 1.54) is 24.7 Å². The molecule has 0 unspecified atom stereocenters. The monoisotopic (exact) mass is 280 g/mol. The lowest BCUT2D eigenvalue weighted by molar-refractivity contribution is 0.00578. The Balaban J connectivity index is 0.000000704. The number of nitrogens with zero attached hydrogens (tertiary/aromatic N) is 1. The zero-order chi connectivity index (χ0) is 15.0. The molecule has 0 radical (unpaired) electrons. The quantitative estimate of drug-likeness (QED) is 0.789. The van der Waals surface area contributed by atoms with E-state index in [1.54, 1.807) is 0 Å². The summed E-state index contributed by atoms with van der Waals surface area (Å²) in [7, 11) is -0.201. The normalized spacial score (nSPS) is 27.8. The molecule has 1 N–H and O–H groups in total. The van der Waals surface area contributed by atoms with Crippen LogP contribution in [0.1, 0.15) is 60.8 Å². The van der Waals surface area contributed by atoms with Gasteiger partial charge >= 0.3 is 7.12 Å². The third kappa shape index (κ3) is 2.76. The van der Waals surface area contributed by atoms with Crippen molar-refractivity contribution in [2.24, 2.45) is 0 Å². The van der Waals surface area contributed by atoms with Gasteiger partial charge in [0.1, 0.15) is 0 Å². The van der Waals surface area contributed by atoms with Crippen LogP contribution in [0.5, 0.6) is 0 Å². The van der Waals surface area contributed by atoms with Gasteiger partial charge in [-0.05, 0) is 52.4 Å². The highest BCUT2D eigenvalue weighted by molar-refractivity contribution is 6.54. The van der Waals surface area contributed by atoms with Gasteiger partial charge in [-0.15, -0.1) is 0 Å². The second-order valence-electron chi connectivity index (χ2n) is 6.62. The van der Waals surface area contributed by atoms with Crippen LogP contribution in [0.3, 0.4) is 0 Å². The van der Waals surface area contributed by atoms with E-state index in [2.05, 4.69) is 44.3 Å². The van der Waals surface area contributed by atoms with E-state index in [4.69, 9.17) is 9.31 Å². The second kappa shape index (κ2) is 5.70. The lowest BCUT2D eigenvalue weighted by Gasteiger charge is -2.34. The van der Waals surface area contributed by atoms with E-state index in [-0.39, 0.29) is 18.3 Å². The Morgan fingerprint density at radius 3 is 2.15 bits per heavy atom. The van der Waals surface area contributed by atoms with E-state index in [0.717, 1.165) is 6.54 Å². The third-order valence-electron chi connectivity index (χ3n) is 4.79. The van der Waals surface area contributed by atoms with Crippen LogP contribution in [0.15, 0.2) is 11.7 Å². The van der Waals surface area contributed by atoms with Gasteiger partial charge < -0.3 is 14.3 Å². The maximum absolute atomic E-state index is 6.07. The molecular weight excluding hydrogens is 251 g/mol. The van der Waals surface area contributed by atoms with Gasteiger partial charge in [-0.25, -0.2) is 5.43 Å². The average molecular weight is 280 g/mol. The first-order valence-electron chi connectivity index (χ1n) is 7.97. The molecule has 0 aromatic rings. The fourth-order valence-corrected chi connectivity index (χ4v) is 2.49. The molecule has 5 heteroatoms. The maximum Gasteiger partial charge on any atom is 0.493 e. The topological polar surface area (TPSA) is 33.7 Å². The molecule has 1 aliphatic carbocycles. The average Bonchev–Trinajstić information content (AvgIpc) is 2.84. The van der Waals surface area contributed by atoms with Crippen molar-refractivity contribution in [2.45, 2.75) is 78.0 Å². The molecule has 2 fully saturated rings. The highest BCUT2D eigenvalue weighted by atomic mass is 16.7. The smallest absolute Gasteiger partial charge is 0.399 e. The summed E-state index contributed by atoms with van der Waals surface area (Å²) in [6, 6.07) is 0.671. The van der Waals surface area contributed by atoms with Crippen LogP contribution >= 0.6 is 0 Å². The summed E-state index contributed by atoms with van der Waals surface area (Å²) in [6.07, 6.45) is 6.12. The summed E-state index contributed by atoms with van der Waals surface area (Å²) in [5, 5.41) is 2.24. The molecule has 2 aliphatic heterocycles. The van der Waals surface area contributed by atoms with Crippen LogP contribution in [-0.2, 0) is 9.31 Å². The highest BCUT2D eigenvalue weighted by Gasteiger charge is 2.53. The minimum atomic E-state index is -0.248. The number of rotatable bonds is 2. The minimum Gasteiger partial charge on any atom is -0.399 e. The number of hydrogen-bond donors (Lipinski definition) is 1. The van der Waals surface area contributed by atoms with Gasteiger partial charge in [-0.2, -0.15) is 0 Å². The van der Waals surface area contributed by atoms with Crippen molar-refractivity contribution in [1.82, 2.24) is 10.4 Å². The van der Waals surface area contributed by atoms with Gasteiger partial charge in [0.25, 0.3) is 0 Å². The SMILES string of the molecule is CC.CC1(C)OB(C2=CN(C3CCC3)NC2)OC1(C)C. The Labute approximate surface area is 124 Å². The molecule has 3 rings (SSSR count). The van der Waals surface area contributed by atoms with E-state index in [9.17, 15) is 0 Å². The van der Waals surface area contributed by atoms with Gasteiger partial charge in [0.2, 0.25) is 0 Å². The molecule has 1 saturated heterocycles. The summed E-state index contributed by atoms with van der Waals surface area (Å²) in [4.78, 5) is 0. The largest absolute Gasteiger partial charge is 0.493 e. The van der Waals surface area contributed by atoms with E-state index < -0.39 is 0 Å². The first-order valence-corrected chi connectivity index (χ1v) is 7.97. The number of nitrogens with one attached hydrogen (secondary N) is 1. The zero-order valence-corrected chi connectivity index (χ0v) is 13.8. The Morgan fingerprint density at radius 1 is 1.15 bits per heavy atom. The predicted molar refractivity (Wildman–Crippen MR) is 83.0 cm³/mol. The highest BCUT2D eigenvalue weighted by Crippen LogP contribution is 2.39. The Kier molecular flexibility index (Phi) is 4.52. The lowest BCUT2D eigenvalue weighted by atomic mass is 9.79. The maximum atomic E-state index is 6.07. The van der Waals surface area contributed by atoms with Crippen molar-refractivity contribution in [1.29, 1.82) is 0 Å². The van der Waals surface area contributed by atoms with Gasteiger partial charge in [-0.1, -0.05) is 13.8 Å². The van der Waals surface area contributed by atoms with Gasteiger partial charge in [-0.3, -0.25) is 0 Å². The Hall–Kier alpha value is -0.515. The molecule has 0 aromatic carbocycles. The number of hydrazine groups is 1. The molecule has 1 saturated carbocycles. The molecule has 0 atom stereocenters. The zero-order valence-electron chi connectivity index (χ0n) is 13.8. The van der Waals surface area contributed by atoms with Gasteiger partial charge in [0, 0.05) is 18.8 Å². The van der Waals surface area contributed by atoms with Crippen LogP contribution in [0, 0.1) is 0 Å². The van der Waals surface area contributed by atoms with Crippen molar-refractivity contribution >= 4 is 7.12 Å². The van der Waals surface area contributed by atoms with Crippen LogP contribution < -0.4 is 5.43 Å². The standard InChI is InChI=1S/C13H23BN2O2.C2H6/c1-12(2)13(3,4)18-14(17-12)10-8-15-16(9-10)11-6-5-7-11;1-2/h9,11,15H,5-8H2,1-4H3;1-2H3. The molecule has 3 aliphatic rings. The summed E-state index contributed by atoms with van der Waals surface area (Å²) >= 11 is 0. The lowest BCUT2D eigenvalue weighted by Crippen LogP contribution is -2.42. The Morgan fingerprint density at radius 2 is 1.70 bits per heavy atom. The van der Waals surface area contributed by atoms with Crippen LogP contribution in [-0.4, -0.2) is 35.9 Å². The third-order valence-corrected chi connectivity index (χ3v) is 4.79. The van der Waals surface area contributed by atoms with Crippen LogP contribution in [0.4, 0.5) is 0 Å². The van der Waals surface area contributed by atoms with E-state index in [1.807, 2.05) is 13.8 Å². The molecule has 4 nitrogen and oxygen atoms in total. The van der Waals surface area contributed by atoms with Gasteiger partial charge in [0.15, 0.2) is 0 Å². The van der Waals surface area contributed by atoms with Crippen molar-refractivity contribution in [3.05, 3.63) is 11.7 Å². The van der Waals surface area contributed by atoms with E-state index >= 15 is 0 Å². The fourth-order valence-electron chi connectivity index (χ4n) is 2.49. The summed E-state index contributed by atoms with van der Waals surface area (Å²) in [5.74, 6) is 0. The number of hydrogen-bond acceptors (Lipinski definition) is 4. The first-order chi connectivity index (χ1) is 9.39. The fraction of sp³-hybridized carbons (Fsp3) is 0.867. The van der Waals surface area contributed by atoms with Crippen molar-refractivity contribution in [2.75, 3.05) is 6.54 Å². The predicted octanol–water partition coefficient (Wildman–Crippen LogP) is 2.90. The molecule has 20 heavy (non-hydrogen) atoms. The van der Waals surface area contributed by atoms with E-state index in [0.29, 0.717) is 6.04 Å². The Bertz CT molecular complexity index is 362. The van der Waals surface area contributed by atoms with Gasteiger partial charge in [0.05, 0.1) is 11.2 Å². The second-order valence-corrected chi connectivity index (χ2v) is 6.62. The first kappa shape index (κ1) is 15.9. The van der Waals surface area contributed by atoms with Crippen molar-refractivity contribution < 1.29 is 9.31 Å². The van der Waals surface area contributed by atoms with Crippen LogP contribution in [0.25, 0.3) is 0 Å². The molecular formula is C15H29BN2O2. The summed E-state index contributed by atoms with van der Waals surface area (Å²) in [6.45, 7) is 13.2. The minimum absolute atomic E-state index is 0.201. The molecule has 0 spiro atoms. The molecule has 2 heterocycles. The van der Waals surface area contributed by atoms with Crippen LogP contribution in [0.2, 0.25) is 0 Å². The summed E-state index contributed by atoms with van der Waals surface area (Å²) < 4.78 is 12.1. The molecule has 114 valence electrons.